The quantitative estimate of drug-likeness (QED) is 0.822. The number of amides is 2. The molecule has 0 bridgehead atoms. The Kier molecular flexibility index (Phi) is 4.76. The van der Waals surface area contributed by atoms with E-state index in [-0.39, 0.29) is 16.3 Å². The fourth-order valence-electron chi connectivity index (χ4n) is 2.57. The van der Waals surface area contributed by atoms with E-state index < -0.39 is 17.6 Å². The van der Waals surface area contributed by atoms with Gasteiger partial charge in [-0.3, -0.25) is 9.59 Å². The van der Waals surface area contributed by atoms with Crippen molar-refractivity contribution < 1.29 is 19.4 Å². The van der Waals surface area contributed by atoms with E-state index in [0.717, 1.165) is 11.3 Å². The maximum atomic E-state index is 12.7. The highest BCUT2D eigenvalue weighted by atomic mass is 35.5. The number of rotatable bonds is 5. The molecule has 0 radical (unpaired) electrons. The number of nitrogens with zero attached hydrogens (tertiary/aromatic N) is 1. The molecule has 2 aromatic carbocycles. The predicted octanol–water partition coefficient (Wildman–Crippen LogP) is 3.97. The number of imide groups is 1. The lowest BCUT2D eigenvalue weighted by Crippen LogP contribution is -2.31. The third kappa shape index (κ3) is 3.10. The summed E-state index contributed by atoms with van der Waals surface area (Å²) >= 11 is 6.08. The van der Waals surface area contributed by atoms with Crippen molar-refractivity contribution in [2.75, 3.05) is 11.5 Å². The summed E-state index contributed by atoms with van der Waals surface area (Å²) in [7, 11) is 0. The highest BCUT2D eigenvalue weighted by Gasteiger charge is 2.40. The van der Waals surface area contributed by atoms with Crippen molar-refractivity contribution in [3.8, 4) is 5.75 Å². The first kappa shape index (κ1) is 17.0. The summed E-state index contributed by atoms with van der Waals surface area (Å²) in [5.41, 5.74) is 0.629. The van der Waals surface area contributed by atoms with Gasteiger partial charge in [0.1, 0.15) is 5.75 Å². The molecule has 3 rings (SSSR count). The van der Waals surface area contributed by atoms with Crippen LogP contribution in [0.25, 0.3) is 5.57 Å². The van der Waals surface area contributed by atoms with Crippen molar-refractivity contribution in [2.24, 2.45) is 0 Å². The normalized spacial score (nSPS) is 14.4. The van der Waals surface area contributed by atoms with E-state index in [9.17, 15) is 14.7 Å². The summed E-state index contributed by atoms with van der Waals surface area (Å²) in [5.74, 6) is -1.34. The maximum absolute atomic E-state index is 12.7. The molecular weight excluding hydrogens is 342 g/mol. The molecule has 5 nitrogen and oxygen atoms in total. The van der Waals surface area contributed by atoms with Crippen LogP contribution >= 0.6 is 11.6 Å². The lowest BCUT2D eigenvalue weighted by molar-refractivity contribution is -0.121. The number of para-hydroxylation sites is 1. The molecular formula is C19H16ClNO4. The summed E-state index contributed by atoms with van der Waals surface area (Å²) in [6, 6.07) is 13.1. The van der Waals surface area contributed by atoms with E-state index in [2.05, 4.69) is 0 Å². The molecule has 0 spiro atoms. The number of aliphatic hydroxyl groups excluding tert-OH is 1. The third-order valence-corrected chi connectivity index (χ3v) is 4.09. The number of benzene rings is 2. The molecule has 2 amide bonds. The second-order valence-corrected chi connectivity index (χ2v) is 5.90. The van der Waals surface area contributed by atoms with Gasteiger partial charge in [0.15, 0.2) is 5.76 Å². The van der Waals surface area contributed by atoms with Crippen LogP contribution < -0.4 is 9.64 Å². The van der Waals surface area contributed by atoms with Gasteiger partial charge in [-0.05, 0) is 36.2 Å². The molecule has 0 unspecified atom stereocenters. The molecule has 0 aliphatic carbocycles. The van der Waals surface area contributed by atoms with Crippen molar-refractivity contribution in [1.82, 2.24) is 0 Å². The summed E-state index contributed by atoms with van der Waals surface area (Å²) in [6.45, 7) is 2.59. The Balaban J connectivity index is 1.93. The van der Waals surface area contributed by atoms with Gasteiger partial charge in [0.25, 0.3) is 5.91 Å². The van der Waals surface area contributed by atoms with E-state index in [1.165, 1.54) is 0 Å². The Bertz CT molecular complexity index is 858. The third-order valence-electron chi connectivity index (χ3n) is 3.77. The first-order valence-electron chi connectivity index (χ1n) is 7.84. The molecule has 0 atom stereocenters. The van der Waals surface area contributed by atoms with E-state index in [1.807, 2.05) is 6.92 Å². The number of carbonyl (C=O) groups excluding carboxylic acids is 2. The minimum atomic E-state index is -0.792. The van der Waals surface area contributed by atoms with Crippen molar-refractivity contribution in [1.29, 1.82) is 0 Å². The topological polar surface area (TPSA) is 66.8 Å². The molecule has 25 heavy (non-hydrogen) atoms. The zero-order valence-electron chi connectivity index (χ0n) is 13.5. The molecule has 1 aliphatic rings. The predicted molar refractivity (Wildman–Crippen MR) is 95.7 cm³/mol. The van der Waals surface area contributed by atoms with E-state index in [0.29, 0.717) is 17.9 Å². The number of hydrogen-bond donors (Lipinski definition) is 1. The fourth-order valence-corrected chi connectivity index (χ4v) is 2.79. The first-order valence-corrected chi connectivity index (χ1v) is 8.22. The molecule has 128 valence electrons. The van der Waals surface area contributed by atoms with Crippen molar-refractivity contribution in [3.05, 3.63) is 64.9 Å². The van der Waals surface area contributed by atoms with Crippen LogP contribution in [0.5, 0.6) is 5.75 Å². The van der Waals surface area contributed by atoms with Gasteiger partial charge in [0.05, 0.1) is 22.9 Å². The standard InChI is InChI=1S/C19H16ClNO4/c1-2-11-25-13-9-7-12(8-10-13)16-17(22)19(24)21(18(16)23)15-6-4-3-5-14(15)20/h3-10,22H,2,11H2,1H3. The van der Waals surface area contributed by atoms with Crippen molar-refractivity contribution in [3.63, 3.8) is 0 Å². The largest absolute Gasteiger partial charge is 0.502 e. The van der Waals surface area contributed by atoms with E-state index in [4.69, 9.17) is 16.3 Å². The fraction of sp³-hybridized carbons (Fsp3) is 0.158. The lowest BCUT2D eigenvalue weighted by atomic mass is 10.1. The molecule has 1 aliphatic heterocycles. The Labute approximate surface area is 150 Å². The zero-order valence-corrected chi connectivity index (χ0v) is 14.3. The number of aliphatic hydroxyl groups is 1. The van der Waals surface area contributed by atoms with Gasteiger partial charge in [-0.1, -0.05) is 42.8 Å². The van der Waals surface area contributed by atoms with Gasteiger partial charge >= 0.3 is 5.91 Å². The van der Waals surface area contributed by atoms with Gasteiger partial charge in [0.2, 0.25) is 0 Å². The van der Waals surface area contributed by atoms with E-state index in [1.54, 1.807) is 48.5 Å². The molecule has 0 aromatic heterocycles. The second kappa shape index (κ2) is 6.99. The Hall–Kier alpha value is -2.79. The first-order chi connectivity index (χ1) is 12.0. The number of halogens is 1. The van der Waals surface area contributed by atoms with Crippen LogP contribution in [0.3, 0.4) is 0 Å². The Morgan fingerprint density at radius 2 is 1.72 bits per heavy atom. The van der Waals surface area contributed by atoms with Crippen molar-refractivity contribution in [2.45, 2.75) is 13.3 Å². The summed E-state index contributed by atoms with van der Waals surface area (Å²) < 4.78 is 5.50. The molecule has 1 N–H and O–H groups in total. The van der Waals surface area contributed by atoms with Crippen LogP contribution in [0.1, 0.15) is 18.9 Å². The molecule has 1 heterocycles. The molecule has 0 saturated heterocycles. The average Bonchev–Trinajstić information content (AvgIpc) is 2.84. The molecule has 0 saturated carbocycles. The van der Waals surface area contributed by atoms with Crippen molar-refractivity contribution >= 4 is 34.7 Å². The van der Waals surface area contributed by atoms with Gasteiger partial charge < -0.3 is 9.84 Å². The SMILES string of the molecule is CCCOc1ccc(C2=C(O)C(=O)N(c3ccccc3Cl)C2=O)cc1. The van der Waals surface area contributed by atoms with Gasteiger partial charge in [-0.15, -0.1) is 0 Å². The summed E-state index contributed by atoms with van der Waals surface area (Å²) in [4.78, 5) is 26.0. The van der Waals surface area contributed by atoms with Crippen LogP contribution in [0.15, 0.2) is 54.3 Å². The number of hydrogen-bond acceptors (Lipinski definition) is 4. The van der Waals surface area contributed by atoms with Gasteiger partial charge in [-0.25, -0.2) is 4.90 Å². The smallest absolute Gasteiger partial charge is 0.301 e. The maximum Gasteiger partial charge on any atom is 0.301 e. The minimum absolute atomic E-state index is 0.0491. The molecule has 6 heteroatoms. The average molecular weight is 358 g/mol. The summed E-state index contributed by atoms with van der Waals surface area (Å²) in [5, 5.41) is 10.5. The number of ether oxygens (including phenoxy) is 1. The van der Waals surface area contributed by atoms with Crippen LogP contribution in [-0.4, -0.2) is 23.5 Å². The highest BCUT2D eigenvalue weighted by molar-refractivity contribution is 6.46. The monoisotopic (exact) mass is 357 g/mol. The van der Waals surface area contributed by atoms with Gasteiger partial charge in [-0.2, -0.15) is 0 Å². The molecule has 2 aromatic rings. The van der Waals surface area contributed by atoms with Crippen LogP contribution in [0.2, 0.25) is 5.02 Å². The highest BCUT2D eigenvalue weighted by Crippen LogP contribution is 2.35. The summed E-state index contributed by atoms with van der Waals surface area (Å²) in [6.07, 6.45) is 0.882. The minimum Gasteiger partial charge on any atom is -0.502 e. The van der Waals surface area contributed by atoms with Crippen LogP contribution in [0, 0.1) is 0 Å². The Morgan fingerprint density at radius 1 is 1.04 bits per heavy atom. The zero-order chi connectivity index (χ0) is 18.0. The van der Waals surface area contributed by atoms with Crippen LogP contribution in [0.4, 0.5) is 5.69 Å². The Morgan fingerprint density at radius 3 is 2.36 bits per heavy atom. The number of carbonyl (C=O) groups is 2. The van der Waals surface area contributed by atoms with Gasteiger partial charge in [0, 0.05) is 0 Å². The molecule has 0 fully saturated rings. The second-order valence-electron chi connectivity index (χ2n) is 5.49. The van der Waals surface area contributed by atoms with E-state index >= 15 is 0 Å². The number of anilines is 1. The van der Waals surface area contributed by atoms with Crippen LogP contribution in [-0.2, 0) is 9.59 Å². The lowest BCUT2D eigenvalue weighted by Gasteiger charge is -2.15.